The van der Waals surface area contributed by atoms with Gasteiger partial charge in [0.1, 0.15) is 5.60 Å². The van der Waals surface area contributed by atoms with Gasteiger partial charge in [0.05, 0.1) is 0 Å². The normalized spacial score (nSPS) is 20.5. The Morgan fingerprint density at radius 3 is 2.33 bits per heavy atom. The van der Waals surface area contributed by atoms with Crippen LogP contribution in [0.15, 0.2) is 12.2 Å². The van der Waals surface area contributed by atoms with Crippen molar-refractivity contribution < 1.29 is 9.53 Å². The minimum Gasteiger partial charge on any atom is -0.456 e. The molecule has 0 aromatic heterocycles. The summed E-state index contributed by atoms with van der Waals surface area (Å²) in [6.45, 7) is 7.24. The quantitative estimate of drug-likeness (QED) is 0.467. The molecule has 0 bridgehead atoms. The van der Waals surface area contributed by atoms with Crippen LogP contribution in [0.25, 0.3) is 0 Å². The molecular formula is C10H16O2. The fourth-order valence-corrected chi connectivity index (χ4v) is 1.54. The number of rotatable bonds is 2. The van der Waals surface area contributed by atoms with Crippen LogP contribution in [0, 0.1) is 0 Å². The zero-order chi connectivity index (χ0) is 9.19. The van der Waals surface area contributed by atoms with E-state index in [1.54, 1.807) is 6.92 Å². The molecule has 1 rings (SSSR count). The van der Waals surface area contributed by atoms with E-state index in [1.807, 2.05) is 6.92 Å². The lowest BCUT2D eigenvalue weighted by atomic mass is 10.1. The summed E-state index contributed by atoms with van der Waals surface area (Å²) in [6.07, 6.45) is 4.32. The van der Waals surface area contributed by atoms with Crippen molar-refractivity contribution in [3.05, 3.63) is 12.2 Å². The lowest BCUT2D eigenvalue weighted by molar-refractivity contribution is -0.152. The summed E-state index contributed by atoms with van der Waals surface area (Å²) in [6, 6.07) is 0. The lowest BCUT2D eigenvalue weighted by Gasteiger charge is -2.23. The summed E-state index contributed by atoms with van der Waals surface area (Å²) < 4.78 is 5.32. The van der Waals surface area contributed by atoms with Crippen molar-refractivity contribution in [2.24, 2.45) is 0 Å². The van der Waals surface area contributed by atoms with E-state index in [9.17, 15) is 4.79 Å². The molecule has 0 atom stereocenters. The Morgan fingerprint density at radius 2 is 1.92 bits per heavy atom. The Balaban J connectivity index is 2.49. The first-order chi connectivity index (χ1) is 5.53. The first-order valence-electron chi connectivity index (χ1n) is 4.42. The molecule has 0 aromatic rings. The lowest BCUT2D eigenvalue weighted by Crippen LogP contribution is -2.28. The number of esters is 1. The van der Waals surface area contributed by atoms with Gasteiger partial charge in [-0.05, 0) is 39.5 Å². The number of ether oxygens (including phenoxy) is 1. The number of hydrogen-bond acceptors (Lipinski definition) is 2. The fourth-order valence-electron chi connectivity index (χ4n) is 1.54. The molecule has 0 N–H and O–H groups in total. The molecule has 0 heterocycles. The monoisotopic (exact) mass is 168 g/mol. The summed E-state index contributed by atoms with van der Waals surface area (Å²) in [5, 5.41) is 0. The maximum Gasteiger partial charge on any atom is 0.333 e. The first-order valence-corrected chi connectivity index (χ1v) is 4.42. The van der Waals surface area contributed by atoms with Gasteiger partial charge in [-0.1, -0.05) is 6.58 Å². The van der Waals surface area contributed by atoms with Crippen LogP contribution in [-0.2, 0) is 9.53 Å². The van der Waals surface area contributed by atoms with E-state index in [-0.39, 0.29) is 11.6 Å². The van der Waals surface area contributed by atoms with Crippen molar-refractivity contribution in [3.8, 4) is 0 Å². The molecule has 68 valence electrons. The largest absolute Gasteiger partial charge is 0.456 e. The highest BCUT2D eigenvalue weighted by atomic mass is 16.6. The van der Waals surface area contributed by atoms with Crippen molar-refractivity contribution in [1.29, 1.82) is 0 Å². The van der Waals surface area contributed by atoms with E-state index >= 15 is 0 Å². The smallest absolute Gasteiger partial charge is 0.333 e. The van der Waals surface area contributed by atoms with Crippen LogP contribution in [0.4, 0.5) is 0 Å². The third-order valence-corrected chi connectivity index (χ3v) is 2.35. The molecule has 1 aliphatic carbocycles. The molecule has 2 nitrogen and oxygen atoms in total. The van der Waals surface area contributed by atoms with Crippen molar-refractivity contribution in [1.82, 2.24) is 0 Å². The van der Waals surface area contributed by atoms with E-state index in [1.165, 1.54) is 12.8 Å². The minimum absolute atomic E-state index is 0.212. The van der Waals surface area contributed by atoms with E-state index < -0.39 is 0 Å². The standard InChI is InChI=1S/C10H16O2/c1-8(2)9(11)12-10(3)6-4-5-7-10/h1,4-7H2,2-3H3. The van der Waals surface area contributed by atoms with Crippen LogP contribution < -0.4 is 0 Å². The second-order valence-corrected chi connectivity index (χ2v) is 3.83. The highest BCUT2D eigenvalue weighted by Crippen LogP contribution is 2.32. The Labute approximate surface area is 73.6 Å². The summed E-state index contributed by atoms with van der Waals surface area (Å²) in [5.41, 5.74) is 0.277. The maximum atomic E-state index is 11.2. The summed E-state index contributed by atoms with van der Waals surface area (Å²) in [4.78, 5) is 11.2. The van der Waals surface area contributed by atoms with Gasteiger partial charge >= 0.3 is 5.97 Å². The van der Waals surface area contributed by atoms with Gasteiger partial charge in [-0.2, -0.15) is 0 Å². The van der Waals surface area contributed by atoms with Gasteiger partial charge in [-0.25, -0.2) is 4.79 Å². The highest BCUT2D eigenvalue weighted by Gasteiger charge is 2.32. The second-order valence-electron chi connectivity index (χ2n) is 3.83. The Bertz CT molecular complexity index is 200. The molecule has 0 aromatic carbocycles. The van der Waals surface area contributed by atoms with Crippen LogP contribution in [0.1, 0.15) is 39.5 Å². The van der Waals surface area contributed by atoms with E-state index in [2.05, 4.69) is 6.58 Å². The topological polar surface area (TPSA) is 26.3 Å². The molecule has 1 aliphatic rings. The predicted octanol–water partition coefficient (Wildman–Crippen LogP) is 2.44. The number of carbonyl (C=O) groups excluding carboxylic acids is 1. The van der Waals surface area contributed by atoms with Crippen LogP contribution in [0.5, 0.6) is 0 Å². The zero-order valence-electron chi connectivity index (χ0n) is 7.85. The molecule has 0 radical (unpaired) electrons. The highest BCUT2D eigenvalue weighted by molar-refractivity contribution is 5.87. The van der Waals surface area contributed by atoms with Crippen LogP contribution >= 0.6 is 0 Å². The molecule has 0 unspecified atom stereocenters. The van der Waals surface area contributed by atoms with Gasteiger partial charge in [0.15, 0.2) is 0 Å². The molecule has 0 amide bonds. The zero-order valence-corrected chi connectivity index (χ0v) is 7.85. The van der Waals surface area contributed by atoms with Gasteiger partial charge in [-0.15, -0.1) is 0 Å². The maximum absolute atomic E-state index is 11.2. The van der Waals surface area contributed by atoms with Gasteiger partial charge in [-0.3, -0.25) is 0 Å². The Morgan fingerprint density at radius 1 is 1.42 bits per heavy atom. The molecule has 1 saturated carbocycles. The van der Waals surface area contributed by atoms with Crippen molar-refractivity contribution in [2.75, 3.05) is 0 Å². The van der Waals surface area contributed by atoms with Crippen LogP contribution in [-0.4, -0.2) is 11.6 Å². The summed E-state index contributed by atoms with van der Waals surface area (Å²) in [7, 11) is 0. The Kier molecular flexibility index (Phi) is 2.55. The van der Waals surface area contributed by atoms with E-state index in [0.717, 1.165) is 12.8 Å². The molecule has 2 heteroatoms. The van der Waals surface area contributed by atoms with Gasteiger partial charge in [0, 0.05) is 5.57 Å². The molecule has 0 aliphatic heterocycles. The first kappa shape index (κ1) is 9.30. The molecular weight excluding hydrogens is 152 g/mol. The minimum atomic E-state index is -0.251. The SMILES string of the molecule is C=C(C)C(=O)OC1(C)CCCC1. The third kappa shape index (κ3) is 2.10. The molecule has 0 saturated heterocycles. The summed E-state index contributed by atoms with van der Waals surface area (Å²) in [5.74, 6) is -0.251. The third-order valence-electron chi connectivity index (χ3n) is 2.35. The Hall–Kier alpha value is -0.790. The average Bonchev–Trinajstić information content (AvgIpc) is 2.35. The molecule has 1 fully saturated rings. The van der Waals surface area contributed by atoms with E-state index in [4.69, 9.17) is 4.74 Å². The van der Waals surface area contributed by atoms with E-state index in [0.29, 0.717) is 5.57 Å². The average molecular weight is 168 g/mol. The van der Waals surface area contributed by atoms with Gasteiger partial charge in [0.25, 0.3) is 0 Å². The summed E-state index contributed by atoms with van der Waals surface area (Å²) >= 11 is 0. The van der Waals surface area contributed by atoms with Gasteiger partial charge in [0.2, 0.25) is 0 Å². The molecule has 0 spiro atoms. The van der Waals surface area contributed by atoms with Crippen LogP contribution in [0.3, 0.4) is 0 Å². The number of hydrogen-bond donors (Lipinski definition) is 0. The second kappa shape index (κ2) is 3.30. The number of carbonyl (C=O) groups is 1. The van der Waals surface area contributed by atoms with Crippen molar-refractivity contribution in [3.63, 3.8) is 0 Å². The molecule has 12 heavy (non-hydrogen) atoms. The van der Waals surface area contributed by atoms with Crippen molar-refractivity contribution >= 4 is 5.97 Å². The predicted molar refractivity (Wildman–Crippen MR) is 47.8 cm³/mol. The van der Waals surface area contributed by atoms with Gasteiger partial charge < -0.3 is 4.74 Å². The van der Waals surface area contributed by atoms with Crippen molar-refractivity contribution in [2.45, 2.75) is 45.1 Å². The van der Waals surface area contributed by atoms with Crippen LogP contribution in [0.2, 0.25) is 0 Å². The fraction of sp³-hybridized carbons (Fsp3) is 0.700.